The Morgan fingerprint density at radius 1 is 1.75 bits per heavy atom. The summed E-state index contributed by atoms with van der Waals surface area (Å²) in [6.07, 6.45) is 4.84. The lowest BCUT2D eigenvalue weighted by atomic mass is 10.4. The van der Waals surface area contributed by atoms with Crippen LogP contribution >= 0.6 is 0 Å². The van der Waals surface area contributed by atoms with Crippen molar-refractivity contribution in [3.63, 3.8) is 0 Å². The van der Waals surface area contributed by atoms with Crippen LogP contribution in [0.1, 0.15) is 6.42 Å². The lowest BCUT2D eigenvalue weighted by Gasteiger charge is -2.08. The standard InChI is InChI=1S/C4H6N4/c1-2-6-8-3-5-7-4(1)8/h2-4,7H,1H2. The van der Waals surface area contributed by atoms with Gasteiger partial charge in [0.15, 0.2) is 0 Å². The minimum Gasteiger partial charge on any atom is -0.284 e. The Morgan fingerprint density at radius 3 is 3.62 bits per heavy atom. The Morgan fingerprint density at radius 2 is 2.75 bits per heavy atom. The van der Waals surface area contributed by atoms with Crippen LogP contribution in [0.15, 0.2) is 10.2 Å². The normalized spacial score (nSPS) is 31.0. The van der Waals surface area contributed by atoms with Crippen LogP contribution in [0.2, 0.25) is 0 Å². The summed E-state index contributed by atoms with van der Waals surface area (Å²) in [6.45, 7) is 0. The van der Waals surface area contributed by atoms with E-state index in [4.69, 9.17) is 0 Å². The van der Waals surface area contributed by atoms with Crippen molar-refractivity contribution in [2.75, 3.05) is 0 Å². The third-order valence-corrected chi connectivity index (χ3v) is 1.26. The molecule has 0 saturated heterocycles. The molecule has 0 aliphatic carbocycles. The van der Waals surface area contributed by atoms with Crippen LogP contribution in [0, 0.1) is 0 Å². The second-order valence-electron chi connectivity index (χ2n) is 1.80. The van der Waals surface area contributed by atoms with Gasteiger partial charge in [-0.25, -0.2) is 5.01 Å². The third-order valence-electron chi connectivity index (χ3n) is 1.26. The number of nitrogens with one attached hydrogen (secondary N) is 1. The Kier molecular flexibility index (Phi) is 0.588. The first-order valence-electron chi connectivity index (χ1n) is 2.56. The van der Waals surface area contributed by atoms with Gasteiger partial charge < -0.3 is 0 Å². The highest BCUT2D eigenvalue weighted by Gasteiger charge is 2.21. The molecular weight excluding hydrogens is 104 g/mol. The summed E-state index contributed by atoms with van der Waals surface area (Å²) in [5.41, 5.74) is 2.89. The van der Waals surface area contributed by atoms with Gasteiger partial charge in [-0.2, -0.15) is 10.2 Å². The summed E-state index contributed by atoms with van der Waals surface area (Å²) in [4.78, 5) is 0. The molecule has 8 heavy (non-hydrogen) atoms. The van der Waals surface area contributed by atoms with E-state index in [0.717, 1.165) is 6.42 Å². The van der Waals surface area contributed by atoms with Crippen molar-refractivity contribution in [2.24, 2.45) is 10.2 Å². The molecular formula is C4H6N4. The van der Waals surface area contributed by atoms with E-state index in [-0.39, 0.29) is 0 Å². The van der Waals surface area contributed by atoms with Crippen LogP contribution in [0.3, 0.4) is 0 Å². The molecule has 0 fully saturated rings. The molecule has 2 rings (SSSR count). The van der Waals surface area contributed by atoms with E-state index in [2.05, 4.69) is 15.6 Å². The number of hydrogen-bond donors (Lipinski definition) is 1. The minimum absolute atomic E-state index is 0.315. The van der Waals surface area contributed by atoms with Gasteiger partial charge >= 0.3 is 0 Å². The maximum absolute atomic E-state index is 3.99. The van der Waals surface area contributed by atoms with E-state index in [1.54, 1.807) is 11.3 Å². The van der Waals surface area contributed by atoms with E-state index in [1.165, 1.54) is 0 Å². The largest absolute Gasteiger partial charge is 0.284 e. The van der Waals surface area contributed by atoms with Crippen LogP contribution < -0.4 is 5.43 Å². The average Bonchev–Trinajstić information content (AvgIpc) is 2.15. The molecule has 0 aromatic carbocycles. The molecule has 0 amide bonds. The molecule has 1 N–H and O–H groups in total. The summed E-state index contributed by atoms with van der Waals surface area (Å²) in [5.74, 6) is 0. The zero-order valence-electron chi connectivity index (χ0n) is 4.28. The summed E-state index contributed by atoms with van der Waals surface area (Å²) >= 11 is 0. The molecule has 1 atom stereocenters. The Labute approximate surface area is 46.9 Å². The van der Waals surface area contributed by atoms with Crippen molar-refractivity contribution in [3.05, 3.63) is 0 Å². The highest BCUT2D eigenvalue weighted by molar-refractivity contribution is 5.67. The minimum atomic E-state index is 0.315. The second kappa shape index (κ2) is 1.21. The van der Waals surface area contributed by atoms with Gasteiger partial charge in [0.1, 0.15) is 12.5 Å². The second-order valence-corrected chi connectivity index (χ2v) is 1.80. The van der Waals surface area contributed by atoms with E-state index in [1.807, 2.05) is 6.21 Å². The number of hydrogen-bond acceptors (Lipinski definition) is 4. The maximum Gasteiger partial charge on any atom is 0.142 e. The first-order valence-corrected chi connectivity index (χ1v) is 2.56. The predicted octanol–water partition coefficient (Wildman–Crippen LogP) is -0.450. The van der Waals surface area contributed by atoms with E-state index in [9.17, 15) is 0 Å². The fraction of sp³-hybridized carbons (Fsp3) is 0.500. The number of nitrogens with zero attached hydrogens (tertiary/aromatic N) is 3. The van der Waals surface area contributed by atoms with Crippen LogP contribution in [0.25, 0.3) is 0 Å². The van der Waals surface area contributed by atoms with Crippen molar-refractivity contribution in [3.8, 4) is 0 Å². The van der Waals surface area contributed by atoms with Gasteiger partial charge in [0, 0.05) is 12.6 Å². The van der Waals surface area contributed by atoms with Crippen LogP contribution in [0.5, 0.6) is 0 Å². The molecule has 2 heterocycles. The van der Waals surface area contributed by atoms with Crippen molar-refractivity contribution in [2.45, 2.75) is 12.6 Å². The van der Waals surface area contributed by atoms with Crippen LogP contribution in [0.4, 0.5) is 0 Å². The quantitative estimate of drug-likeness (QED) is 0.459. The zero-order valence-corrected chi connectivity index (χ0v) is 4.28. The molecule has 0 radical (unpaired) electrons. The molecule has 4 nitrogen and oxygen atoms in total. The molecule has 4 heteroatoms. The summed E-state index contributed by atoms with van der Waals surface area (Å²) in [7, 11) is 0. The first-order chi connectivity index (χ1) is 3.97. The summed E-state index contributed by atoms with van der Waals surface area (Å²) in [6, 6.07) is 0. The van der Waals surface area contributed by atoms with Gasteiger partial charge in [-0.05, 0) is 0 Å². The molecule has 42 valence electrons. The lowest BCUT2D eigenvalue weighted by molar-refractivity contribution is 0.355. The van der Waals surface area contributed by atoms with Gasteiger partial charge in [0.2, 0.25) is 0 Å². The zero-order chi connectivity index (χ0) is 5.40. The topological polar surface area (TPSA) is 40.0 Å². The van der Waals surface area contributed by atoms with Crippen molar-refractivity contribution in [1.29, 1.82) is 0 Å². The highest BCUT2D eigenvalue weighted by atomic mass is 15.6. The molecule has 2 aliphatic rings. The van der Waals surface area contributed by atoms with Crippen molar-refractivity contribution < 1.29 is 0 Å². The molecule has 1 unspecified atom stereocenters. The molecule has 0 bridgehead atoms. The Hall–Kier alpha value is -1.06. The monoisotopic (exact) mass is 110 g/mol. The Bertz CT molecular complexity index is 134. The van der Waals surface area contributed by atoms with Crippen LogP contribution in [-0.2, 0) is 0 Å². The summed E-state index contributed by atoms with van der Waals surface area (Å²) in [5, 5.41) is 9.60. The SMILES string of the molecule is C1=NNC2CC=NN12. The number of fused-ring (bicyclic) bond motifs is 1. The summed E-state index contributed by atoms with van der Waals surface area (Å²) < 4.78 is 0. The Balaban J connectivity index is 2.22. The first kappa shape index (κ1) is 3.88. The molecule has 0 aromatic heterocycles. The van der Waals surface area contributed by atoms with E-state index >= 15 is 0 Å². The third kappa shape index (κ3) is 0.344. The fourth-order valence-electron chi connectivity index (χ4n) is 0.830. The number of rotatable bonds is 0. The van der Waals surface area contributed by atoms with Crippen LogP contribution in [-0.4, -0.2) is 23.7 Å². The smallest absolute Gasteiger partial charge is 0.142 e. The van der Waals surface area contributed by atoms with Crippen molar-refractivity contribution >= 4 is 12.6 Å². The average molecular weight is 110 g/mol. The highest BCUT2D eigenvalue weighted by Crippen LogP contribution is 2.08. The van der Waals surface area contributed by atoms with E-state index in [0.29, 0.717) is 6.17 Å². The van der Waals surface area contributed by atoms with Gasteiger partial charge in [-0.1, -0.05) is 0 Å². The van der Waals surface area contributed by atoms with Gasteiger partial charge in [-0.15, -0.1) is 0 Å². The van der Waals surface area contributed by atoms with Gasteiger partial charge in [0.05, 0.1) is 0 Å². The molecule has 0 saturated carbocycles. The predicted molar refractivity (Wildman–Crippen MR) is 30.4 cm³/mol. The molecule has 0 aromatic rings. The number of hydrazone groups is 2. The van der Waals surface area contributed by atoms with Gasteiger partial charge in [0.25, 0.3) is 0 Å². The lowest BCUT2D eigenvalue weighted by Crippen LogP contribution is -2.28. The van der Waals surface area contributed by atoms with Gasteiger partial charge in [-0.3, -0.25) is 5.43 Å². The maximum atomic E-state index is 3.99. The van der Waals surface area contributed by atoms with Crippen molar-refractivity contribution in [1.82, 2.24) is 10.4 Å². The molecule has 2 aliphatic heterocycles. The fourth-order valence-corrected chi connectivity index (χ4v) is 0.830. The van der Waals surface area contributed by atoms with E-state index < -0.39 is 0 Å². The molecule has 0 spiro atoms.